The summed E-state index contributed by atoms with van der Waals surface area (Å²) in [5.74, 6) is 0.419. The summed E-state index contributed by atoms with van der Waals surface area (Å²) in [7, 11) is 0. The van der Waals surface area contributed by atoms with Gasteiger partial charge in [0.15, 0.2) is 0 Å². The number of nitrogens with zero attached hydrogens (tertiary/aromatic N) is 4. The molecule has 1 aliphatic rings. The number of rotatable bonds is 4. The largest absolute Gasteiger partial charge is 0.381 e. The molecule has 0 aliphatic carbocycles. The molecule has 5 nitrogen and oxygen atoms in total. The Hall–Kier alpha value is -2.14. The Morgan fingerprint density at radius 3 is 3.05 bits per heavy atom. The van der Waals surface area contributed by atoms with E-state index in [0.717, 1.165) is 38.4 Å². The molecule has 1 atom stereocenters. The topological polar surface area (TPSA) is 44.9 Å². The molecule has 2 aromatic heterocycles. The Morgan fingerprint density at radius 2 is 2.18 bits per heavy atom. The van der Waals surface area contributed by atoms with Gasteiger partial charge in [-0.15, -0.1) is 5.10 Å². The average molecular weight is 296 g/mol. The number of hydrogen-bond acceptors (Lipinski definition) is 3. The van der Waals surface area contributed by atoms with Gasteiger partial charge in [0, 0.05) is 36.5 Å². The first kappa shape index (κ1) is 13.5. The van der Waals surface area contributed by atoms with Crippen LogP contribution in [0.4, 0.5) is 0 Å². The maximum atomic E-state index is 5.42. The van der Waals surface area contributed by atoms with Gasteiger partial charge in [0.05, 0.1) is 18.8 Å². The lowest BCUT2D eigenvalue weighted by Gasteiger charge is -2.08. The number of aromatic nitrogens is 4. The maximum Gasteiger partial charge on any atom is 0.0881 e. The van der Waals surface area contributed by atoms with Gasteiger partial charge in [0.2, 0.25) is 0 Å². The van der Waals surface area contributed by atoms with E-state index in [1.165, 1.54) is 16.6 Å². The van der Waals surface area contributed by atoms with Crippen molar-refractivity contribution in [2.24, 2.45) is 0 Å². The van der Waals surface area contributed by atoms with Gasteiger partial charge in [-0.1, -0.05) is 23.4 Å². The summed E-state index contributed by atoms with van der Waals surface area (Å²) >= 11 is 0. The molecule has 1 aliphatic heterocycles. The smallest absolute Gasteiger partial charge is 0.0881 e. The van der Waals surface area contributed by atoms with Crippen LogP contribution in [0.1, 0.15) is 23.7 Å². The zero-order valence-corrected chi connectivity index (χ0v) is 12.8. The minimum absolute atomic E-state index is 0.419. The lowest BCUT2D eigenvalue weighted by Crippen LogP contribution is -2.09. The third-order valence-corrected chi connectivity index (χ3v) is 4.47. The van der Waals surface area contributed by atoms with Crippen LogP contribution in [0.2, 0.25) is 0 Å². The SMILES string of the molecule is Cc1cc2ccccc2n1CCn1cc(C2CCOC2)nn1. The molecular formula is C17H20N4O. The molecule has 1 saturated heterocycles. The van der Waals surface area contributed by atoms with Crippen molar-refractivity contribution in [2.45, 2.75) is 32.4 Å². The zero-order valence-electron chi connectivity index (χ0n) is 12.8. The summed E-state index contributed by atoms with van der Waals surface area (Å²) in [6, 6.07) is 10.7. The molecule has 0 radical (unpaired) electrons. The van der Waals surface area contributed by atoms with Crippen molar-refractivity contribution in [3.63, 3.8) is 0 Å². The molecule has 4 rings (SSSR count). The predicted octanol–water partition coefficient (Wildman–Crippen LogP) is 2.75. The first-order chi connectivity index (χ1) is 10.8. The molecule has 0 bridgehead atoms. The van der Waals surface area contributed by atoms with Gasteiger partial charge in [-0.05, 0) is 30.9 Å². The first-order valence-electron chi connectivity index (χ1n) is 7.84. The lowest BCUT2D eigenvalue weighted by molar-refractivity contribution is 0.193. The average Bonchev–Trinajstić information content (AvgIpc) is 3.24. The maximum absolute atomic E-state index is 5.42. The molecule has 114 valence electrons. The minimum Gasteiger partial charge on any atom is -0.381 e. The molecule has 3 aromatic rings. The molecule has 1 fully saturated rings. The Kier molecular flexibility index (Phi) is 3.42. The molecule has 1 unspecified atom stereocenters. The minimum atomic E-state index is 0.419. The third-order valence-electron chi connectivity index (χ3n) is 4.47. The van der Waals surface area contributed by atoms with E-state index in [4.69, 9.17) is 4.74 Å². The molecular weight excluding hydrogens is 276 g/mol. The van der Waals surface area contributed by atoms with Crippen LogP contribution in [-0.2, 0) is 17.8 Å². The van der Waals surface area contributed by atoms with Crippen molar-refractivity contribution in [3.8, 4) is 0 Å². The number of aryl methyl sites for hydroxylation is 3. The van der Waals surface area contributed by atoms with Crippen LogP contribution in [0.5, 0.6) is 0 Å². The molecule has 5 heteroatoms. The zero-order chi connectivity index (χ0) is 14.9. The Labute approximate surface area is 129 Å². The highest BCUT2D eigenvalue weighted by Gasteiger charge is 2.20. The molecule has 0 amide bonds. The second-order valence-corrected chi connectivity index (χ2v) is 5.96. The quantitative estimate of drug-likeness (QED) is 0.743. The predicted molar refractivity (Wildman–Crippen MR) is 84.9 cm³/mol. The summed E-state index contributed by atoms with van der Waals surface area (Å²) in [4.78, 5) is 0. The highest BCUT2D eigenvalue weighted by molar-refractivity contribution is 5.81. The lowest BCUT2D eigenvalue weighted by atomic mass is 10.1. The van der Waals surface area contributed by atoms with E-state index in [9.17, 15) is 0 Å². The fraction of sp³-hybridized carbons (Fsp3) is 0.412. The van der Waals surface area contributed by atoms with Crippen LogP contribution in [0, 0.1) is 6.92 Å². The van der Waals surface area contributed by atoms with Gasteiger partial charge in [-0.25, -0.2) is 0 Å². The van der Waals surface area contributed by atoms with E-state index >= 15 is 0 Å². The molecule has 0 saturated carbocycles. The van der Waals surface area contributed by atoms with Crippen LogP contribution in [-0.4, -0.2) is 32.8 Å². The van der Waals surface area contributed by atoms with Gasteiger partial charge in [0.25, 0.3) is 0 Å². The Morgan fingerprint density at radius 1 is 1.27 bits per heavy atom. The molecule has 3 heterocycles. The number of para-hydroxylation sites is 1. The van der Waals surface area contributed by atoms with E-state index in [1.54, 1.807) is 0 Å². The first-order valence-corrected chi connectivity index (χ1v) is 7.84. The summed E-state index contributed by atoms with van der Waals surface area (Å²) < 4.78 is 9.71. The Bertz CT molecular complexity index is 783. The van der Waals surface area contributed by atoms with Gasteiger partial charge < -0.3 is 9.30 Å². The van der Waals surface area contributed by atoms with Crippen LogP contribution in [0.25, 0.3) is 10.9 Å². The van der Waals surface area contributed by atoms with E-state index in [1.807, 2.05) is 4.68 Å². The van der Waals surface area contributed by atoms with Crippen LogP contribution in [0.3, 0.4) is 0 Å². The highest BCUT2D eigenvalue weighted by Crippen LogP contribution is 2.23. The van der Waals surface area contributed by atoms with Crippen LogP contribution >= 0.6 is 0 Å². The number of fused-ring (bicyclic) bond motifs is 1. The summed E-state index contributed by atoms with van der Waals surface area (Å²) in [5, 5.41) is 9.87. The summed E-state index contributed by atoms with van der Waals surface area (Å²) in [6.07, 6.45) is 3.13. The van der Waals surface area contributed by atoms with Crippen molar-refractivity contribution in [2.75, 3.05) is 13.2 Å². The molecule has 0 spiro atoms. The molecule has 1 aromatic carbocycles. The van der Waals surface area contributed by atoms with E-state index < -0.39 is 0 Å². The van der Waals surface area contributed by atoms with Gasteiger partial charge in [-0.3, -0.25) is 4.68 Å². The monoisotopic (exact) mass is 296 g/mol. The second-order valence-electron chi connectivity index (χ2n) is 5.96. The second kappa shape index (κ2) is 5.57. The van der Waals surface area contributed by atoms with E-state index in [2.05, 4.69) is 58.3 Å². The summed E-state index contributed by atoms with van der Waals surface area (Å²) in [6.45, 7) is 5.51. The fourth-order valence-corrected chi connectivity index (χ4v) is 3.23. The fourth-order valence-electron chi connectivity index (χ4n) is 3.23. The number of benzene rings is 1. The van der Waals surface area contributed by atoms with Crippen molar-refractivity contribution >= 4 is 10.9 Å². The standard InChI is InChI=1S/C17H20N4O/c1-13-10-14-4-2-3-5-17(14)21(13)8-7-20-11-16(18-19-20)15-6-9-22-12-15/h2-5,10-11,15H,6-9,12H2,1H3. The van der Waals surface area contributed by atoms with Gasteiger partial charge in [0.1, 0.15) is 0 Å². The van der Waals surface area contributed by atoms with Gasteiger partial charge in [-0.2, -0.15) is 0 Å². The van der Waals surface area contributed by atoms with Crippen molar-refractivity contribution in [1.82, 2.24) is 19.6 Å². The van der Waals surface area contributed by atoms with E-state index in [0.29, 0.717) is 5.92 Å². The van der Waals surface area contributed by atoms with E-state index in [-0.39, 0.29) is 0 Å². The molecule has 22 heavy (non-hydrogen) atoms. The van der Waals surface area contributed by atoms with Crippen molar-refractivity contribution < 1.29 is 4.74 Å². The normalized spacial score (nSPS) is 18.3. The van der Waals surface area contributed by atoms with Gasteiger partial charge >= 0.3 is 0 Å². The van der Waals surface area contributed by atoms with Crippen LogP contribution in [0.15, 0.2) is 36.5 Å². The number of hydrogen-bond donors (Lipinski definition) is 0. The molecule has 0 N–H and O–H groups in total. The third kappa shape index (κ3) is 2.41. The number of ether oxygens (including phenoxy) is 1. The van der Waals surface area contributed by atoms with Crippen molar-refractivity contribution in [1.29, 1.82) is 0 Å². The summed E-state index contributed by atoms with van der Waals surface area (Å²) in [5.41, 5.74) is 3.63. The van der Waals surface area contributed by atoms with Crippen molar-refractivity contribution in [3.05, 3.63) is 47.9 Å². The highest BCUT2D eigenvalue weighted by atomic mass is 16.5. The van der Waals surface area contributed by atoms with Crippen LogP contribution < -0.4 is 0 Å². The Balaban J connectivity index is 1.51.